The van der Waals surface area contributed by atoms with E-state index in [1.807, 2.05) is 19.1 Å². The Morgan fingerprint density at radius 3 is 2.95 bits per heavy atom. The second-order valence-electron chi connectivity index (χ2n) is 5.00. The van der Waals surface area contributed by atoms with Crippen LogP contribution in [0.1, 0.15) is 42.8 Å². The number of benzene rings is 1. The molecule has 0 radical (unpaired) electrons. The van der Waals surface area contributed by atoms with E-state index in [1.165, 1.54) is 11.3 Å². The number of hydrogen-bond donors (Lipinski definition) is 2. The van der Waals surface area contributed by atoms with Gasteiger partial charge in [-0.25, -0.2) is 0 Å². The lowest BCUT2D eigenvalue weighted by molar-refractivity contribution is 0.0943. The molecule has 1 unspecified atom stereocenters. The molecule has 1 aromatic heterocycles. The summed E-state index contributed by atoms with van der Waals surface area (Å²) in [5.41, 5.74) is 6.60. The van der Waals surface area contributed by atoms with Crippen molar-refractivity contribution in [3.63, 3.8) is 0 Å². The summed E-state index contributed by atoms with van der Waals surface area (Å²) in [5, 5.41) is 4.49. The number of unbranched alkanes of at least 4 members (excludes halogenated alkanes) is 1. The van der Waals surface area contributed by atoms with Gasteiger partial charge in [0.15, 0.2) is 0 Å². The fraction of sp³-hybridized carbons (Fsp3) is 0.400. The van der Waals surface area contributed by atoms with Gasteiger partial charge in [0.2, 0.25) is 0 Å². The van der Waals surface area contributed by atoms with Crippen LogP contribution in [0.3, 0.4) is 0 Å². The lowest BCUT2D eigenvalue weighted by Gasteiger charge is -2.12. The molecule has 0 aliphatic carbocycles. The first kappa shape index (κ1) is 15.1. The zero-order valence-corrected chi connectivity index (χ0v) is 13.3. The molecule has 108 valence electrons. The fourth-order valence-corrected chi connectivity index (χ4v) is 3.31. The molecule has 1 aromatic carbocycles. The van der Waals surface area contributed by atoms with Crippen LogP contribution in [0.25, 0.3) is 10.1 Å². The van der Waals surface area contributed by atoms with Gasteiger partial charge in [0.05, 0.1) is 5.69 Å². The van der Waals surface area contributed by atoms with E-state index in [1.54, 1.807) is 6.07 Å². The monoisotopic (exact) mass is 310 g/mol. The third kappa shape index (κ3) is 3.25. The predicted molar refractivity (Wildman–Crippen MR) is 87.7 cm³/mol. The van der Waals surface area contributed by atoms with Gasteiger partial charge in [-0.15, -0.1) is 11.3 Å². The van der Waals surface area contributed by atoms with Crippen LogP contribution in [0.15, 0.2) is 18.2 Å². The van der Waals surface area contributed by atoms with Gasteiger partial charge in [-0.3, -0.25) is 4.79 Å². The van der Waals surface area contributed by atoms with E-state index in [0.717, 1.165) is 29.3 Å². The van der Waals surface area contributed by atoms with E-state index >= 15 is 0 Å². The largest absolute Gasteiger partial charge is 0.397 e. The first-order chi connectivity index (χ1) is 9.52. The van der Waals surface area contributed by atoms with Crippen LogP contribution >= 0.6 is 22.9 Å². The van der Waals surface area contributed by atoms with Gasteiger partial charge in [0.1, 0.15) is 4.88 Å². The Morgan fingerprint density at radius 2 is 2.25 bits per heavy atom. The summed E-state index contributed by atoms with van der Waals surface area (Å²) in [6.45, 7) is 4.16. The maximum absolute atomic E-state index is 12.3. The molecule has 0 bridgehead atoms. The molecule has 20 heavy (non-hydrogen) atoms. The molecule has 0 aliphatic heterocycles. The molecule has 0 fully saturated rings. The topological polar surface area (TPSA) is 55.1 Å². The number of thiophene rings is 1. The minimum atomic E-state index is -0.0941. The SMILES string of the molecule is CCCCC(C)NC(=O)c1sc2ccc(Cl)cc2c1N. The van der Waals surface area contributed by atoms with Crippen molar-refractivity contribution in [1.29, 1.82) is 0 Å². The Morgan fingerprint density at radius 1 is 1.50 bits per heavy atom. The van der Waals surface area contributed by atoms with Crippen molar-refractivity contribution in [2.24, 2.45) is 0 Å². The number of nitrogens with two attached hydrogens (primary N) is 1. The number of rotatable bonds is 5. The van der Waals surface area contributed by atoms with E-state index in [2.05, 4.69) is 12.2 Å². The number of amides is 1. The number of anilines is 1. The fourth-order valence-electron chi connectivity index (χ4n) is 2.13. The number of carbonyl (C=O) groups is 1. The molecule has 1 atom stereocenters. The quantitative estimate of drug-likeness (QED) is 0.857. The van der Waals surface area contributed by atoms with E-state index in [4.69, 9.17) is 17.3 Å². The summed E-state index contributed by atoms with van der Waals surface area (Å²) in [6, 6.07) is 5.68. The van der Waals surface area contributed by atoms with Gasteiger partial charge in [-0.05, 0) is 31.5 Å². The Balaban J connectivity index is 2.20. The van der Waals surface area contributed by atoms with Crippen molar-refractivity contribution >= 4 is 44.6 Å². The third-order valence-corrected chi connectivity index (χ3v) is 4.68. The van der Waals surface area contributed by atoms with E-state index in [9.17, 15) is 4.79 Å². The second-order valence-corrected chi connectivity index (χ2v) is 6.49. The molecule has 3 N–H and O–H groups in total. The van der Waals surface area contributed by atoms with E-state index in [-0.39, 0.29) is 11.9 Å². The molecule has 0 saturated heterocycles. The molecule has 0 aliphatic rings. The Labute approximate surface area is 128 Å². The third-order valence-electron chi connectivity index (χ3n) is 3.26. The van der Waals surface area contributed by atoms with Gasteiger partial charge in [0.25, 0.3) is 5.91 Å². The number of fused-ring (bicyclic) bond motifs is 1. The lowest BCUT2D eigenvalue weighted by atomic mass is 10.1. The molecule has 0 spiro atoms. The van der Waals surface area contributed by atoms with Gasteiger partial charge in [0, 0.05) is 21.2 Å². The average Bonchev–Trinajstić information content (AvgIpc) is 2.74. The first-order valence-electron chi connectivity index (χ1n) is 6.81. The smallest absolute Gasteiger partial charge is 0.263 e. The molecular formula is C15H19ClN2OS. The second kappa shape index (κ2) is 6.46. The van der Waals surface area contributed by atoms with Gasteiger partial charge in [-0.2, -0.15) is 0 Å². The lowest BCUT2D eigenvalue weighted by Crippen LogP contribution is -2.32. The molecule has 1 heterocycles. The summed E-state index contributed by atoms with van der Waals surface area (Å²) < 4.78 is 0.985. The Hall–Kier alpha value is -1.26. The summed E-state index contributed by atoms with van der Waals surface area (Å²) >= 11 is 7.38. The van der Waals surface area contributed by atoms with Crippen molar-refractivity contribution in [1.82, 2.24) is 5.32 Å². The first-order valence-corrected chi connectivity index (χ1v) is 8.00. The van der Waals surface area contributed by atoms with Crippen LogP contribution in [0.4, 0.5) is 5.69 Å². The maximum atomic E-state index is 12.3. The van der Waals surface area contributed by atoms with Gasteiger partial charge in [-0.1, -0.05) is 31.4 Å². The van der Waals surface area contributed by atoms with E-state index < -0.39 is 0 Å². The van der Waals surface area contributed by atoms with Crippen molar-refractivity contribution in [2.75, 3.05) is 5.73 Å². The number of hydrogen-bond acceptors (Lipinski definition) is 3. The summed E-state index contributed by atoms with van der Waals surface area (Å²) in [5.74, 6) is -0.0941. The van der Waals surface area contributed by atoms with Crippen LogP contribution in [-0.4, -0.2) is 11.9 Å². The van der Waals surface area contributed by atoms with Crippen molar-refractivity contribution < 1.29 is 4.79 Å². The standard InChI is InChI=1S/C15H19ClN2OS/c1-3-4-5-9(2)18-15(19)14-13(17)11-8-10(16)6-7-12(11)20-14/h6-9H,3-5,17H2,1-2H3,(H,18,19). The number of halogens is 1. The van der Waals surface area contributed by atoms with Crippen LogP contribution in [0, 0.1) is 0 Å². The van der Waals surface area contributed by atoms with E-state index in [0.29, 0.717) is 15.6 Å². The van der Waals surface area contributed by atoms with Crippen LogP contribution < -0.4 is 11.1 Å². The van der Waals surface area contributed by atoms with Crippen molar-refractivity contribution in [2.45, 2.75) is 39.2 Å². The molecule has 3 nitrogen and oxygen atoms in total. The zero-order chi connectivity index (χ0) is 14.7. The van der Waals surface area contributed by atoms with Crippen LogP contribution in [0.5, 0.6) is 0 Å². The Bertz CT molecular complexity index is 624. The van der Waals surface area contributed by atoms with Gasteiger partial charge < -0.3 is 11.1 Å². The molecule has 5 heteroatoms. The minimum absolute atomic E-state index is 0.0941. The highest BCUT2D eigenvalue weighted by atomic mass is 35.5. The van der Waals surface area contributed by atoms with Crippen LogP contribution in [-0.2, 0) is 0 Å². The number of nitrogens with one attached hydrogen (secondary N) is 1. The summed E-state index contributed by atoms with van der Waals surface area (Å²) in [7, 11) is 0. The predicted octanol–water partition coefficient (Wildman–Crippen LogP) is 4.45. The minimum Gasteiger partial charge on any atom is -0.397 e. The van der Waals surface area contributed by atoms with Crippen molar-refractivity contribution in [3.05, 3.63) is 28.1 Å². The summed E-state index contributed by atoms with van der Waals surface area (Å²) in [4.78, 5) is 12.9. The zero-order valence-electron chi connectivity index (χ0n) is 11.7. The average molecular weight is 311 g/mol. The Kier molecular flexibility index (Phi) is 4.89. The highest BCUT2D eigenvalue weighted by Gasteiger charge is 2.17. The molecule has 1 amide bonds. The maximum Gasteiger partial charge on any atom is 0.263 e. The molecular weight excluding hydrogens is 292 g/mol. The highest BCUT2D eigenvalue weighted by Crippen LogP contribution is 2.35. The van der Waals surface area contributed by atoms with Gasteiger partial charge >= 0.3 is 0 Å². The number of nitrogen functional groups attached to an aromatic ring is 1. The normalized spacial score (nSPS) is 12.6. The number of carbonyl (C=O) groups excluding carboxylic acids is 1. The molecule has 0 saturated carbocycles. The summed E-state index contributed by atoms with van der Waals surface area (Å²) in [6.07, 6.45) is 3.22. The van der Waals surface area contributed by atoms with Crippen LogP contribution in [0.2, 0.25) is 5.02 Å². The molecule has 2 aromatic rings. The highest BCUT2D eigenvalue weighted by molar-refractivity contribution is 7.21. The van der Waals surface area contributed by atoms with Crippen molar-refractivity contribution in [3.8, 4) is 0 Å². The molecule has 2 rings (SSSR count).